The van der Waals surface area contributed by atoms with E-state index in [4.69, 9.17) is 20.0 Å². The number of oxazole rings is 1. The second-order valence-electron chi connectivity index (χ2n) is 6.19. The zero-order valence-electron chi connectivity index (χ0n) is 15.1. The molecule has 6 nitrogen and oxygen atoms in total. The lowest BCUT2D eigenvalue weighted by Gasteiger charge is -2.08. The van der Waals surface area contributed by atoms with Crippen molar-refractivity contribution < 1.29 is 19.1 Å². The van der Waals surface area contributed by atoms with Crippen LogP contribution in [0.25, 0.3) is 11.5 Å². The summed E-state index contributed by atoms with van der Waals surface area (Å²) in [5.74, 6) is 1.05. The fourth-order valence-electron chi connectivity index (χ4n) is 2.69. The van der Waals surface area contributed by atoms with E-state index in [9.17, 15) is 4.79 Å². The number of ether oxygens (including phenoxy) is 1. The van der Waals surface area contributed by atoms with Gasteiger partial charge in [-0.3, -0.25) is 4.79 Å². The molecule has 0 aliphatic rings. The summed E-state index contributed by atoms with van der Waals surface area (Å²) in [6.45, 7) is 2.31. The van der Waals surface area contributed by atoms with E-state index < -0.39 is 12.0 Å². The van der Waals surface area contributed by atoms with Crippen molar-refractivity contribution in [2.75, 3.05) is 0 Å². The Morgan fingerprint density at radius 3 is 2.52 bits per heavy atom. The Kier molecular flexibility index (Phi) is 5.88. The quantitative estimate of drug-likeness (QED) is 0.634. The normalized spacial score (nSPS) is 11.9. The lowest BCUT2D eigenvalue weighted by atomic mass is 10.1. The molecule has 0 aliphatic carbocycles. The zero-order chi connectivity index (χ0) is 19.2. The Labute approximate surface area is 157 Å². The standard InChI is InChI=1S/C21H22N2O4/c1-2-19-18(23-20(27-19)15-6-4-3-5-7-15)13-26-16-10-8-14(9-11-16)12-17(22)21(24)25/h3-11,17H,2,12-13,22H2,1H3,(H,24,25)/t17-/m0/s1. The Hall–Kier alpha value is -3.12. The number of nitrogens with zero attached hydrogens (tertiary/aromatic N) is 1. The summed E-state index contributed by atoms with van der Waals surface area (Å²) >= 11 is 0. The first-order valence-corrected chi connectivity index (χ1v) is 8.81. The van der Waals surface area contributed by atoms with Crippen LogP contribution >= 0.6 is 0 Å². The van der Waals surface area contributed by atoms with Crippen LogP contribution in [0.3, 0.4) is 0 Å². The minimum atomic E-state index is -1.01. The lowest BCUT2D eigenvalue weighted by Crippen LogP contribution is -2.32. The van der Waals surface area contributed by atoms with Gasteiger partial charge in [0, 0.05) is 12.0 Å². The first-order valence-electron chi connectivity index (χ1n) is 8.81. The van der Waals surface area contributed by atoms with Gasteiger partial charge < -0.3 is 20.0 Å². The molecular formula is C21H22N2O4. The van der Waals surface area contributed by atoms with E-state index in [1.807, 2.05) is 49.4 Å². The zero-order valence-corrected chi connectivity index (χ0v) is 15.1. The molecule has 0 aliphatic heterocycles. The van der Waals surface area contributed by atoms with E-state index in [2.05, 4.69) is 4.98 Å². The van der Waals surface area contributed by atoms with Crippen LogP contribution in [-0.2, 0) is 24.2 Å². The summed E-state index contributed by atoms with van der Waals surface area (Å²) in [5, 5.41) is 8.88. The van der Waals surface area contributed by atoms with E-state index >= 15 is 0 Å². The summed E-state index contributed by atoms with van der Waals surface area (Å²) in [6.07, 6.45) is 1.00. The van der Waals surface area contributed by atoms with Gasteiger partial charge in [-0.15, -0.1) is 0 Å². The number of aryl methyl sites for hydroxylation is 1. The summed E-state index contributed by atoms with van der Waals surface area (Å²) in [6, 6.07) is 16.1. The maximum Gasteiger partial charge on any atom is 0.320 e. The van der Waals surface area contributed by atoms with Gasteiger partial charge in [-0.05, 0) is 36.2 Å². The molecule has 6 heteroatoms. The number of benzene rings is 2. The van der Waals surface area contributed by atoms with Crippen LogP contribution in [0.15, 0.2) is 59.0 Å². The van der Waals surface area contributed by atoms with Crippen LogP contribution in [0.2, 0.25) is 0 Å². The average Bonchev–Trinajstić information content (AvgIpc) is 3.11. The fraction of sp³-hybridized carbons (Fsp3) is 0.238. The number of hydrogen-bond donors (Lipinski definition) is 2. The summed E-state index contributed by atoms with van der Waals surface area (Å²) in [5.41, 5.74) is 8.10. The number of carbonyl (C=O) groups is 1. The summed E-state index contributed by atoms with van der Waals surface area (Å²) in [7, 11) is 0. The van der Waals surface area contributed by atoms with E-state index in [0.717, 1.165) is 29.0 Å². The van der Waals surface area contributed by atoms with Crippen molar-refractivity contribution >= 4 is 5.97 Å². The van der Waals surface area contributed by atoms with Gasteiger partial charge in [0.25, 0.3) is 0 Å². The molecule has 27 heavy (non-hydrogen) atoms. The van der Waals surface area contributed by atoms with Gasteiger partial charge in [0.1, 0.15) is 29.9 Å². The second-order valence-corrected chi connectivity index (χ2v) is 6.19. The third-order valence-electron chi connectivity index (χ3n) is 4.19. The first kappa shape index (κ1) is 18.7. The Morgan fingerprint density at radius 1 is 1.19 bits per heavy atom. The molecule has 1 heterocycles. The molecule has 2 aromatic carbocycles. The van der Waals surface area contributed by atoms with Crippen molar-refractivity contribution in [2.45, 2.75) is 32.4 Å². The van der Waals surface area contributed by atoms with Crippen molar-refractivity contribution in [3.05, 3.63) is 71.6 Å². The number of carboxylic acids is 1. The van der Waals surface area contributed by atoms with Crippen LogP contribution in [0, 0.1) is 0 Å². The van der Waals surface area contributed by atoms with Gasteiger partial charge in [-0.1, -0.05) is 37.3 Å². The minimum Gasteiger partial charge on any atom is -0.487 e. The average molecular weight is 366 g/mol. The van der Waals surface area contributed by atoms with Crippen LogP contribution < -0.4 is 10.5 Å². The maximum absolute atomic E-state index is 10.8. The molecule has 0 saturated carbocycles. The van der Waals surface area contributed by atoms with Crippen molar-refractivity contribution in [2.24, 2.45) is 5.73 Å². The Balaban J connectivity index is 1.66. The molecule has 0 spiro atoms. The SMILES string of the molecule is CCc1oc(-c2ccccc2)nc1COc1ccc(C[C@H](N)C(=O)O)cc1. The molecule has 0 bridgehead atoms. The topological polar surface area (TPSA) is 98.6 Å². The molecule has 140 valence electrons. The summed E-state index contributed by atoms with van der Waals surface area (Å²) in [4.78, 5) is 15.4. The molecule has 0 unspecified atom stereocenters. The van der Waals surface area contributed by atoms with Crippen LogP contribution in [0.4, 0.5) is 0 Å². The monoisotopic (exact) mass is 366 g/mol. The van der Waals surface area contributed by atoms with Gasteiger partial charge in [-0.25, -0.2) is 4.98 Å². The number of rotatable bonds is 8. The summed E-state index contributed by atoms with van der Waals surface area (Å²) < 4.78 is 11.7. The van der Waals surface area contributed by atoms with Crippen molar-refractivity contribution in [1.82, 2.24) is 4.98 Å². The second kappa shape index (κ2) is 8.51. The first-order chi connectivity index (χ1) is 13.1. The maximum atomic E-state index is 10.8. The van der Waals surface area contributed by atoms with Gasteiger partial charge >= 0.3 is 5.97 Å². The van der Waals surface area contributed by atoms with E-state index in [1.165, 1.54) is 0 Å². The highest BCUT2D eigenvalue weighted by molar-refractivity contribution is 5.73. The van der Waals surface area contributed by atoms with Gasteiger partial charge in [0.2, 0.25) is 5.89 Å². The molecule has 3 rings (SSSR count). The minimum absolute atomic E-state index is 0.277. The predicted molar refractivity (Wildman–Crippen MR) is 101 cm³/mol. The molecule has 0 radical (unpaired) electrons. The highest BCUT2D eigenvalue weighted by atomic mass is 16.5. The number of aliphatic carboxylic acids is 1. The fourth-order valence-corrected chi connectivity index (χ4v) is 2.69. The smallest absolute Gasteiger partial charge is 0.320 e. The number of carboxylic acid groups (broad SMARTS) is 1. The molecular weight excluding hydrogens is 344 g/mol. The molecule has 1 aromatic heterocycles. The molecule has 1 atom stereocenters. The van der Waals surface area contributed by atoms with E-state index in [-0.39, 0.29) is 6.42 Å². The van der Waals surface area contributed by atoms with Crippen LogP contribution in [0.5, 0.6) is 5.75 Å². The molecule has 0 amide bonds. The molecule has 3 aromatic rings. The van der Waals surface area contributed by atoms with Gasteiger partial charge in [0.05, 0.1) is 0 Å². The Bertz CT molecular complexity index is 888. The number of aromatic nitrogens is 1. The van der Waals surface area contributed by atoms with Gasteiger partial charge in [0.15, 0.2) is 0 Å². The molecule has 0 fully saturated rings. The third kappa shape index (κ3) is 4.74. The van der Waals surface area contributed by atoms with Crippen molar-refractivity contribution in [1.29, 1.82) is 0 Å². The number of hydrogen-bond acceptors (Lipinski definition) is 5. The third-order valence-corrected chi connectivity index (χ3v) is 4.19. The van der Waals surface area contributed by atoms with Gasteiger partial charge in [-0.2, -0.15) is 0 Å². The highest BCUT2D eigenvalue weighted by Gasteiger charge is 2.14. The van der Waals surface area contributed by atoms with Crippen LogP contribution in [0.1, 0.15) is 23.9 Å². The lowest BCUT2D eigenvalue weighted by molar-refractivity contribution is -0.138. The number of nitrogens with two attached hydrogens (primary N) is 1. The van der Waals surface area contributed by atoms with Crippen molar-refractivity contribution in [3.8, 4) is 17.2 Å². The predicted octanol–water partition coefficient (Wildman–Crippen LogP) is 3.44. The largest absolute Gasteiger partial charge is 0.487 e. The van der Waals surface area contributed by atoms with E-state index in [1.54, 1.807) is 12.1 Å². The highest BCUT2D eigenvalue weighted by Crippen LogP contribution is 2.23. The van der Waals surface area contributed by atoms with Crippen LogP contribution in [-0.4, -0.2) is 22.1 Å². The molecule has 0 saturated heterocycles. The molecule has 3 N–H and O–H groups in total. The van der Waals surface area contributed by atoms with E-state index in [0.29, 0.717) is 18.2 Å². The Morgan fingerprint density at radius 2 is 1.89 bits per heavy atom. The van der Waals surface area contributed by atoms with Crippen molar-refractivity contribution in [3.63, 3.8) is 0 Å².